The van der Waals surface area contributed by atoms with Gasteiger partial charge >= 0.3 is 0 Å². The summed E-state index contributed by atoms with van der Waals surface area (Å²) < 4.78 is 0. The Morgan fingerprint density at radius 1 is 1.21 bits per heavy atom. The molecular formula is C15H28N4. The SMILES string of the molecule is CCCNCc1cc(N(C)CCCN(C)C)ccn1. The van der Waals surface area contributed by atoms with E-state index in [9.17, 15) is 0 Å². The van der Waals surface area contributed by atoms with Crippen LogP contribution in [-0.2, 0) is 6.54 Å². The van der Waals surface area contributed by atoms with Crippen LogP contribution in [0, 0.1) is 0 Å². The highest BCUT2D eigenvalue weighted by atomic mass is 15.1. The van der Waals surface area contributed by atoms with Crippen molar-refractivity contribution < 1.29 is 0 Å². The molecule has 0 aliphatic rings. The van der Waals surface area contributed by atoms with Crippen LogP contribution in [0.5, 0.6) is 0 Å². The molecule has 0 aliphatic heterocycles. The second kappa shape index (κ2) is 8.88. The zero-order valence-electron chi connectivity index (χ0n) is 12.8. The van der Waals surface area contributed by atoms with Gasteiger partial charge in [-0.25, -0.2) is 0 Å². The predicted molar refractivity (Wildman–Crippen MR) is 82.7 cm³/mol. The number of nitrogens with zero attached hydrogens (tertiary/aromatic N) is 3. The molecule has 4 heteroatoms. The maximum Gasteiger partial charge on any atom is 0.0562 e. The molecule has 1 N–H and O–H groups in total. The van der Waals surface area contributed by atoms with Gasteiger partial charge in [0.2, 0.25) is 0 Å². The highest BCUT2D eigenvalue weighted by molar-refractivity contribution is 5.45. The molecule has 0 aliphatic carbocycles. The smallest absolute Gasteiger partial charge is 0.0562 e. The van der Waals surface area contributed by atoms with Crippen LogP contribution in [0.3, 0.4) is 0 Å². The summed E-state index contributed by atoms with van der Waals surface area (Å²) in [6, 6.07) is 4.26. The summed E-state index contributed by atoms with van der Waals surface area (Å²) in [5.74, 6) is 0. The van der Waals surface area contributed by atoms with Crippen LogP contribution in [0.2, 0.25) is 0 Å². The minimum Gasteiger partial charge on any atom is -0.374 e. The van der Waals surface area contributed by atoms with Crippen LogP contribution in [0.4, 0.5) is 5.69 Å². The van der Waals surface area contributed by atoms with Crippen molar-refractivity contribution in [2.24, 2.45) is 0 Å². The molecule has 108 valence electrons. The topological polar surface area (TPSA) is 31.4 Å². The molecule has 19 heavy (non-hydrogen) atoms. The largest absolute Gasteiger partial charge is 0.374 e. The summed E-state index contributed by atoms with van der Waals surface area (Å²) in [5.41, 5.74) is 2.37. The fourth-order valence-electron chi connectivity index (χ4n) is 1.95. The standard InChI is InChI=1S/C15H28N4/c1-5-8-16-13-14-12-15(7-9-17-14)19(4)11-6-10-18(2)3/h7,9,12,16H,5-6,8,10-11,13H2,1-4H3. The Labute approximate surface area is 117 Å². The highest BCUT2D eigenvalue weighted by Gasteiger charge is 2.03. The van der Waals surface area contributed by atoms with Gasteiger partial charge in [-0.2, -0.15) is 0 Å². The molecule has 4 nitrogen and oxygen atoms in total. The fourth-order valence-corrected chi connectivity index (χ4v) is 1.95. The van der Waals surface area contributed by atoms with Crippen molar-refractivity contribution in [2.45, 2.75) is 26.3 Å². The Balaban J connectivity index is 2.45. The molecule has 0 atom stereocenters. The lowest BCUT2D eigenvalue weighted by molar-refractivity contribution is 0.401. The third-order valence-corrected chi connectivity index (χ3v) is 3.07. The summed E-state index contributed by atoms with van der Waals surface area (Å²) in [6.07, 6.45) is 4.24. The number of rotatable bonds is 9. The van der Waals surface area contributed by atoms with E-state index in [0.717, 1.165) is 38.3 Å². The minimum absolute atomic E-state index is 0.854. The van der Waals surface area contributed by atoms with Crippen LogP contribution >= 0.6 is 0 Å². The molecule has 0 saturated heterocycles. The summed E-state index contributed by atoms with van der Waals surface area (Å²) in [4.78, 5) is 8.93. The summed E-state index contributed by atoms with van der Waals surface area (Å²) in [7, 11) is 6.38. The van der Waals surface area contributed by atoms with Crippen LogP contribution < -0.4 is 10.2 Å². The van der Waals surface area contributed by atoms with Gasteiger partial charge in [-0.05, 0) is 52.2 Å². The van der Waals surface area contributed by atoms with Crippen molar-refractivity contribution in [2.75, 3.05) is 45.7 Å². The van der Waals surface area contributed by atoms with E-state index >= 15 is 0 Å². The molecule has 0 spiro atoms. The van der Waals surface area contributed by atoms with Crippen molar-refractivity contribution in [1.29, 1.82) is 0 Å². The van der Waals surface area contributed by atoms with Crippen molar-refractivity contribution in [1.82, 2.24) is 15.2 Å². The van der Waals surface area contributed by atoms with E-state index in [0.29, 0.717) is 0 Å². The molecule has 0 bridgehead atoms. The Morgan fingerprint density at radius 3 is 2.68 bits per heavy atom. The van der Waals surface area contributed by atoms with Gasteiger partial charge < -0.3 is 15.1 Å². The van der Waals surface area contributed by atoms with E-state index in [1.165, 1.54) is 12.1 Å². The second-order valence-electron chi connectivity index (χ2n) is 5.26. The molecule has 1 heterocycles. The molecular weight excluding hydrogens is 236 g/mol. The van der Waals surface area contributed by atoms with Crippen molar-refractivity contribution in [3.63, 3.8) is 0 Å². The van der Waals surface area contributed by atoms with Gasteiger partial charge in [-0.1, -0.05) is 6.92 Å². The highest BCUT2D eigenvalue weighted by Crippen LogP contribution is 2.13. The van der Waals surface area contributed by atoms with Crippen LogP contribution in [-0.4, -0.2) is 50.7 Å². The minimum atomic E-state index is 0.854. The number of anilines is 1. The van der Waals surface area contributed by atoms with Gasteiger partial charge in [-0.3, -0.25) is 4.98 Å². The van der Waals surface area contributed by atoms with Gasteiger partial charge in [0, 0.05) is 32.0 Å². The summed E-state index contributed by atoms with van der Waals surface area (Å²) in [6.45, 7) is 6.28. The van der Waals surface area contributed by atoms with Gasteiger partial charge in [0.15, 0.2) is 0 Å². The Kier molecular flexibility index (Phi) is 7.45. The molecule has 0 radical (unpaired) electrons. The Morgan fingerprint density at radius 2 is 2.00 bits per heavy atom. The first-order chi connectivity index (χ1) is 9.13. The Bertz CT molecular complexity index is 352. The first-order valence-corrected chi connectivity index (χ1v) is 7.15. The molecule has 0 amide bonds. The van der Waals surface area contributed by atoms with E-state index in [1.54, 1.807) is 0 Å². The van der Waals surface area contributed by atoms with Gasteiger partial charge in [0.25, 0.3) is 0 Å². The van der Waals surface area contributed by atoms with Crippen molar-refractivity contribution in [3.8, 4) is 0 Å². The monoisotopic (exact) mass is 264 g/mol. The van der Waals surface area contributed by atoms with E-state index in [1.807, 2.05) is 6.20 Å². The van der Waals surface area contributed by atoms with E-state index < -0.39 is 0 Å². The first kappa shape index (κ1) is 15.9. The zero-order chi connectivity index (χ0) is 14.1. The maximum absolute atomic E-state index is 4.40. The van der Waals surface area contributed by atoms with Crippen LogP contribution in [0.15, 0.2) is 18.3 Å². The molecule has 1 aromatic rings. The molecule has 1 aromatic heterocycles. The molecule has 0 fully saturated rings. The number of aromatic nitrogens is 1. The third kappa shape index (κ3) is 6.55. The van der Waals surface area contributed by atoms with E-state index in [2.05, 4.69) is 60.3 Å². The Hall–Kier alpha value is -1.13. The predicted octanol–water partition coefficient (Wildman–Crippen LogP) is 1.97. The lowest BCUT2D eigenvalue weighted by Gasteiger charge is -2.21. The first-order valence-electron chi connectivity index (χ1n) is 7.15. The second-order valence-corrected chi connectivity index (χ2v) is 5.26. The van der Waals surface area contributed by atoms with Gasteiger partial charge in [0.05, 0.1) is 5.69 Å². The molecule has 0 aromatic carbocycles. The zero-order valence-corrected chi connectivity index (χ0v) is 12.8. The fraction of sp³-hybridized carbons (Fsp3) is 0.667. The number of hydrogen-bond acceptors (Lipinski definition) is 4. The quantitative estimate of drug-likeness (QED) is 0.691. The molecule has 0 unspecified atom stereocenters. The van der Waals surface area contributed by atoms with Gasteiger partial charge in [-0.15, -0.1) is 0 Å². The van der Waals surface area contributed by atoms with Crippen molar-refractivity contribution in [3.05, 3.63) is 24.0 Å². The number of hydrogen-bond donors (Lipinski definition) is 1. The van der Waals surface area contributed by atoms with E-state index in [-0.39, 0.29) is 0 Å². The third-order valence-electron chi connectivity index (χ3n) is 3.07. The van der Waals surface area contributed by atoms with Crippen LogP contribution in [0.1, 0.15) is 25.5 Å². The maximum atomic E-state index is 4.40. The molecule has 0 saturated carbocycles. The average molecular weight is 264 g/mol. The van der Waals surface area contributed by atoms with Gasteiger partial charge in [0.1, 0.15) is 0 Å². The lowest BCUT2D eigenvalue weighted by atomic mass is 10.2. The lowest BCUT2D eigenvalue weighted by Crippen LogP contribution is -2.23. The number of nitrogens with one attached hydrogen (secondary N) is 1. The van der Waals surface area contributed by atoms with E-state index in [4.69, 9.17) is 0 Å². The number of pyridine rings is 1. The summed E-state index contributed by atoms with van der Waals surface area (Å²) >= 11 is 0. The average Bonchev–Trinajstić information content (AvgIpc) is 2.39. The van der Waals surface area contributed by atoms with Crippen molar-refractivity contribution >= 4 is 5.69 Å². The molecule has 1 rings (SSSR count). The summed E-state index contributed by atoms with van der Waals surface area (Å²) in [5, 5.41) is 3.39. The van der Waals surface area contributed by atoms with Crippen LogP contribution in [0.25, 0.3) is 0 Å². The normalized spacial score (nSPS) is 11.0.